The number of hydrogen-bond donors (Lipinski definition) is 1. The molecule has 0 bridgehead atoms. The highest BCUT2D eigenvalue weighted by Gasteiger charge is 2.38. The van der Waals surface area contributed by atoms with Crippen LogP contribution in [0.2, 0.25) is 0 Å². The molecule has 11 heteroatoms. The van der Waals surface area contributed by atoms with Gasteiger partial charge in [-0.3, -0.25) is 4.98 Å². The number of carboxylic acid groups (broad SMARTS) is 1. The summed E-state index contributed by atoms with van der Waals surface area (Å²) in [4.78, 5) is 21.7. The Hall–Kier alpha value is -4.41. The first-order valence-electron chi connectivity index (χ1n) is 14.0. The van der Waals surface area contributed by atoms with E-state index in [1.165, 1.54) is 18.2 Å². The monoisotopic (exact) mass is 576 g/mol. The van der Waals surface area contributed by atoms with Crippen LogP contribution in [0.25, 0.3) is 28.2 Å². The molecule has 4 heterocycles. The van der Waals surface area contributed by atoms with Gasteiger partial charge in [-0.2, -0.15) is 13.2 Å². The smallest absolute Gasteiger partial charge is 0.434 e. The van der Waals surface area contributed by atoms with Crippen LogP contribution in [0.15, 0.2) is 53.2 Å². The summed E-state index contributed by atoms with van der Waals surface area (Å²) in [6, 6.07) is 10.0. The van der Waals surface area contributed by atoms with Crippen LogP contribution < -0.4 is 9.64 Å². The van der Waals surface area contributed by atoms with Crippen molar-refractivity contribution in [3.63, 3.8) is 0 Å². The SMILES string of the molecule is O=C(O)c1cc(OC2CCC2)c2cc(N3CC(/C=C/c4c(-c5cccnc5C(F)(F)F)noc4C4CC4)C3)ccc2n1. The zero-order valence-corrected chi connectivity index (χ0v) is 22.5. The van der Waals surface area contributed by atoms with Crippen molar-refractivity contribution in [3.05, 3.63) is 71.4 Å². The van der Waals surface area contributed by atoms with Crippen LogP contribution >= 0.6 is 0 Å². The summed E-state index contributed by atoms with van der Waals surface area (Å²) in [7, 11) is 0. The summed E-state index contributed by atoms with van der Waals surface area (Å²) in [5.74, 6) is 0.387. The second kappa shape index (κ2) is 10.1. The molecule has 1 saturated heterocycles. The van der Waals surface area contributed by atoms with E-state index >= 15 is 0 Å². The van der Waals surface area contributed by atoms with Crippen LogP contribution in [0.1, 0.15) is 65.5 Å². The minimum Gasteiger partial charge on any atom is -0.490 e. The van der Waals surface area contributed by atoms with Crippen LogP contribution in [0, 0.1) is 5.92 Å². The van der Waals surface area contributed by atoms with Crippen molar-refractivity contribution in [2.24, 2.45) is 5.92 Å². The zero-order chi connectivity index (χ0) is 29.0. The number of benzene rings is 1. The Kier molecular flexibility index (Phi) is 6.40. The fourth-order valence-electron chi connectivity index (χ4n) is 5.46. The van der Waals surface area contributed by atoms with Crippen molar-refractivity contribution >= 4 is 28.6 Å². The van der Waals surface area contributed by atoms with Crippen LogP contribution in [0.4, 0.5) is 18.9 Å². The maximum atomic E-state index is 13.7. The van der Waals surface area contributed by atoms with E-state index in [4.69, 9.17) is 9.26 Å². The lowest BCUT2D eigenvalue weighted by molar-refractivity contribution is -0.140. The number of aromatic nitrogens is 3. The Morgan fingerprint density at radius 2 is 1.93 bits per heavy atom. The van der Waals surface area contributed by atoms with E-state index in [1.54, 1.807) is 0 Å². The maximum absolute atomic E-state index is 13.7. The Balaban J connectivity index is 1.12. The van der Waals surface area contributed by atoms with Gasteiger partial charge in [0.15, 0.2) is 11.4 Å². The molecule has 1 N–H and O–H groups in total. The molecule has 1 aliphatic heterocycles. The summed E-state index contributed by atoms with van der Waals surface area (Å²) in [5, 5.41) is 14.3. The maximum Gasteiger partial charge on any atom is 0.434 e. The van der Waals surface area contributed by atoms with E-state index in [0.29, 0.717) is 35.7 Å². The fourth-order valence-corrected chi connectivity index (χ4v) is 5.46. The van der Waals surface area contributed by atoms with Gasteiger partial charge in [-0.25, -0.2) is 9.78 Å². The average molecular weight is 577 g/mol. The molecule has 0 radical (unpaired) electrons. The summed E-state index contributed by atoms with van der Waals surface area (Å²) in [6.45, 7) is 1.42. The highest BCUT2D eigenvalue weighted by atomic mass is 19.4. The van der Waals surface area contributed by atoms with Gasteiger partial charge >= 0.3 is 12.1 Å². The molecule has 2 saturated carbocycles. The highest BCUT2D eigenvalue weighted by molar-refractivity contribution is 5.94. The second-order valence-electron chi connectivity index (χ2n) is 11.2. The largest absolute Gasteiger partial charge is 0.490 e. The Morgan fingerprint density at radius 3 is 2.62 bits per heavy atom. The first kappa shape index (κ1) is 26.5. The van der Waals surface area contributed by atoms with Gasteiger partial charge < -0.3 is 19.3 Å². The molecule has 3 aliphatic rings. The predicted molar refractivity (Wildman–Crippen MR) is 148 cm³/mol. The van der Waals surface area contributed by atoms with Gasteiger partial charge in [0.2, 0.25) is 0 Å². The van der Waals surface area contributed by atoms with Gasteiger partial charge in [-0.15, -0.1) is 0 Å². The lowest BCUT2D eigenvalue weighted by atomic mass is 9.95. The molecule has 4 aromatic rings. The number of alkyl halides is 3. The molecule has 1 aromatic carbocycles. The molecule has 216 valence electrons. The first-order chi connectivity index (χ1) is 20.2. The zero-order valence-electron chi connectivity index (χ0n) is 22.5. The quantitative estimate of drug-likeness (QED) is 0.240. The summed E-state index contributed by atoms with van der Waals surface area (Å²) < 4.78 is 52.8. The number of pyridine rings is 2. The fraction of sp³-hybridized carbons (Fsp3) is 0.355. The van der Waals surface area contributed by atoms with Crippen molar-refractivity contribution in [1.29, 1.82) is 0 Å². The third kappa shape index (κ3) is 4.97. The Bertz CT molecular complexity index is 1700. The van der Waals surface area contributed by atoms with Gasteiger partial charge in [-0.1, -0.05) is 17.3 Å². The third-order valence-corrected chi connectivity index (χ3v) is 8.16. The average Bonchev–Trinajstić information content (AvgIpc) is 3.68. The molecule has 42 heavy (non-hydrogen) atoms. The van der Waals surface area contributed by atoms with Crippen molar-refractivity contribution in [3.8, 4) is 17.0 Å². The molecular weight excluding hydrogens is 549 g/mol. The van der Waals surface area contributed by atoms with Crippen LogP contribution in [0.5, 0.6) is 5.75 Å². The number of aromatic carboxylic acids is 1. The summed E-state index contributed by atoms with van der Waals surface area (Å²) in [6.07, 6.45) is 5.28. The third-order valence-electron chi connectivity index (χ3n) is 8.16. The molecular formula is C31H27F3N4O4. The number of anilines is 1. The molecule has 0 unspecified atom stereocenters. The van der Waals surface area contributed by atoms with E-state index in [9.17, 15) is 23.1 Å². The Morgan fingerprint density at radius 1 is 1.12 bits per heavy atom. The van der Waals surface area contributed by atoms with Crippen molar-refractivity contribution < 1.29 is 32.3 Å². The molecule has 0 spiro atoms. The molecule has 7 rings (SSSR count). The van der Waals surface area contributed by atoms with Gasteiger partial charge in [-0.05, 0) is 62.4 Å². The topological polar surface area (TPSA) is 102 Å². The van der Waals surface area contributed by atoms with Crippen LogP contribution in [-0.2, 0) is 6.18 Å². The van der Waals surface area contributed by atoms with E-state index in [0.717, 1.165) is 49.4 Å². The number of hydrogen-bond acceptors (Lipinski definition) is 7. The molecule has 8 nitrogen and oxygen atoms in total. The predicted octanol–water partition coefficient (Wildman–Crippen LogP) is 6.96. The van der Waals surface area contributed by atoms with Gasteiger partial charge in [0.05, 0.1) is 11.6 Å². The molecule has 2 aliphatic carbocycles. The summed E-state index contributed by atoms with van der Waals surface area (Å²) >= 11 is 0. The van der Waals surface area contributed by atoms with Crippen LogP contribution in [0.3, 0.4) is 0 Å². The van der Waals surface area contributed by atoms with Crippen molar-refractivity contribution in [1.82, 2.24) is 15.1 Å². The highest BCUT2D eigenvalue weighted by Crippen LogP contribution is 2.46. The Labute approximate surface area is 238 Å². The van der Waals surface area contributed by atoms with Crippen molar-refractivity contribution in [2.45, 2.75) is 50.3 Å². The van der Waals surface area contributed by atoms with Crippen LogP contribution in [-0.4, -0.2) is 45.4 Å². The molecule has 3 fully saturated rings. The number of halogens is 3. The number of nitrogens with zero attached hydrogens (tertiary/aromatic N) is 4. The normalized spacial score (nSPS) is 17.9. The molecule has 0 atom stereocenters. The lowest BCUT2D eigenvalue weighted by Gasteiger charge is -2.40. The summed E-state index contributed by atoms with van der Waals surface area (Å²) in [5.41, 5.74) is 1.14. The van der Waals surface area contributed by atoms with E-state index in [1.807, 2.05) is 30.4 Å². The minimum atomic E-state index is -4.61. The number of carboxylic acids is 1. The second-order valence-corrected chi connectivity index (χ2v) is 11.2. The van der Waals surface area contributed by atoms with E-state index in [2.05, 4.69) is 20.0 Å². The number of carbonyl (C=O) groups is 1. The van der Waals surface area contributed by atoms with Gasteiger partial charge in [0.25, 0.3) is 0 Å². The van der Waals surface area contributed by atoms with Gasteiger partial charge in [0.1, 0.15) is 17.2 Å². The van der Waals surface area contributed by atoms with Gasteiger partial charge in [0, 0.05) is 59.4 Å². The first-order valence-corrected chi connectivity index (χ1v) is 14.0. The van der Waals surface area contributed by atoms with E-state index in [-0.39, 0.29) is 34.9 Å². The van der Waals surface area contributed by atoms with Crippen molar-refractivity contribution in [2.75, 3.05) is 18.0 Å². The standard InChI is InChI=1S/C31H27F3N4O4/c32-31(33,34)29-22(5-2-12-35-29)27-21(28(42-37-27)18-7-8-18)10-6-17-15-38(16-17)19-9-11-24-23(13-19)26(41-20-3-1-4-20)14-25(36-24)30(39)40/h2,5-6,9-14,17-18,20H,1,3-4,7-8,15-16H2,(H,39,40)/b10-6+. The minimum absolute atomic E-state index is 0.0500. The van der Waals surface area contributed by atoms with E-state index < -0.39 is 17.8 Å². The lowest BCUT2D eigenvalue weighted by Crippen LogP contribution is -2.45. The number of ether oxygens (including phenoxy) is 1. The molecule has 3 aromatic heterocycles. The number of fused-ring (bicyclic) bond motifs is 1. The number of rotatable bonds is 8. The molecule has 0 amide bonds.